The Balaban J connectivity index is 1.68. The van der Waals surface area contributed by atoms with Crippen LogP contribution < -0.4 is 20.1 Å². The SMILES string of the molecule is CC(=O)Nc1ccc(S(=O)(=O)N[C@@H](C)C(=O)Nc2ccccc2Oc2ccccc2)cc1. The van der Waals surface area contributed by atoms with Gasteiger partial charge >= 0.3 is 0 Å². The number of sulfonamides is 1. The molecule has 0 saturated carbocycles. The van der Waals surface area contributed by atoms with Gasteiger partial charge in [-0.05, 0) is 55.5 Å². The highest BCUT2D eigenvalue weighted by Gasteiger charge is 2.23. The van der Waals surface area contributed by atoms with Crippen LogP contribution in [0, 0.1) is 0 Å². The van der Waals surface area contributed by atoms with Crippen molar-refractivity contribution in [1.29, 1.82) is 0 Å². The molecule has 0 heterocycles. The zero-order valence-electron chi connectivity index (χ0n) is 17.5. The Hall–Kier alpha value is -3.69. The van der Waals surface area contributed by atoms with E-state index in [1.807, 2.05) is 18.2 Å². The molecule has 0 aliphatic rings. The number of hydrogen-bond donors (Lipinski definition) is 3. The molecule has 0 spiro atoms. The van der Waals surface area contributed by atoms with Gasteiger partial charge in [-0.15, -0.1) is 0 Å². The summed E-state index contributed by atoms with van der Waals surface area (Å²) < 4.78 is 33.4. The van der Waals surface area contributed by atoms with Gasteiger partial charge in [0.2, 0.25) is 21.8 Å². The Bertz CT molecular complexity index is 1200. The van der Waals surface area contributed by atoms with Gasteiger partial charge in [0.1, 0.15) is 5.75 Å². The van der Waals surface area contributed by atoms with E-state index in [1.165, 1.54) is 38.1 Å². The number of nitrogens with one attached hydrogen (secondary N) is 3. The minimum absolute atomic E-state index is 0.0286. The van der Waals surface area contributed by atoms with Crippen LogP contribution in [-0.4, -0.2) is 26.3 Å². The summed E-state index contributed by atoms with van der Waals surface area (Å²) in [6.07, 6.45) is 0. The number of carbonyl (C=O) groups excluding carboxylic acids is 2. The molecule has 32 heavy (non-hydrogen) atoms. The van der Waals surface area contributed by atoms with Crippen LogP contribution >= 0.6 is 0 Å². The van der Waals surface area contributed by atoms with Crippen molar-refractivity contribution >= 4 is 33.2 Å². The van der Waals surface area contributed by atoms with Gasteiger partial charge in [0, 0.05) is 12.6 Å². The predicted octanol–water partition coefficient (Wildman–Crippen LogP) is 3.74. The van der Waals surface area contributed by atoms with Crippen molar-refractivity contribution in [3.8, 4) is 11.5 Å². The molecule has 166 valence electrons. The molecule has 0 aromatic heterocycles. The van der Waals surface area contributed by atoms with Gasteiger partial charge in [-0.3, -0.25) is 9.59 Å². The summed E-state index contributed by atoms with van der Waals surface area (Å²) in [6.45, 7) is 2.80. The molecule has 0 saturated heterocycles. The van der Waals surface area contributed by atoms with E-state index in [4.69, 9.17) is 4.74 Å². The Morgan fingerprint density at radius 2 is 1.47 bits per heavy atom. The molecule has 0 bridgehead atoms. The largest absolute Gasteiger partial charge is 0.455 e. The maximum atomic E-state index is 12.7. The first kappa shape index (κ1) is 23.0. The quantitative estimate of drug-likeness (QED) is 0.481. The Morgan fingerprint density at radius 1 is 0.844 bits per heavy atom. The van der Waals surface area contributed by atoms with Crippen molar-refractivity contribution in [2.45, 2.75) is 24.8 Å². The van der Waals surface area contributed by atoms with Gasteiger partial charge in [-0.1, -0.05) is 30.3 Å². The molecular weight excluding hydrogens is 430 g/mol. The van der Waals surface area contributed by atoms with Crippen molar-refractivity contribution in [2.75, 3.05) is 10.6 Å². The van der Waals surface area contributed by atoms with Crippen LogP contribution in [0.2, 0.25) is 0 Å². The molecule has 3 N–H and O–H groups in total. The number of amides is 2. The number of hydrogen-bond acceptors (Lipinski definition) is 5. The molecule has 0 aliphatic heterocycles. The predicted molar refractivity (Wildman–Crippen MR) is 122 cm³/mol. The minimum Gasteiger partial charge on any atom is -0.455 e. The number of anilines is 2. The Morgan fingerprint density at radius 3 is 2.12 bits per heavy atom. The molecule has 9 heteroatoms. The minimum atomic E-state index is -3.96. The van der Waals surface area contributed by atoms with Crippen molar-refractivity contribution in [1.82, 2.24) is 4.72 Å². The van der Waals surface area contributed by atoms with Crippen LogP contribution in [0.5, 0.6) is 11.5 Å². The van der Waals surface area contributed by atoms with Crippen LogP contribution in [0.1, 0.15) is 13.8 Å². The van der Waals surface area contributed by atoms with Crippen LogP contribution in [0.3, 0.4) is 0 Å². The van der Waals surface area contributed by atoms with E-state index in [0.29, 0.717) is 22.9 Å². The second kappa shape index (κ2) is 10.1. The first-order valence-electron chi connectivity index (χ1n) is 9.77. The summed E-state index contributed by atoms with van der Waals surface area (Å²) in [5, 5.41) is 5.26. The third kappa shape index (κ3) is 6.16. The smallest absolute Gasteiger partial charge is 0.242 e. The van der Waals surface area contributed by atoms with Crippen molar-refractivity contribution in [2.24, 2.45) is 0 Å². The molecule has 0 aliphatic carbocycles. The first-order chi connectivity index (χ1) is 15.2. The molecule has 0 radical (unpaired) electrons. The van der Waals surface area contributed by atoms with Crippen molar-refractivity contribution in [3.63, 3.8) is 0 Å². The topological polar surface area (TPSA) is 114 Å². The molecule has 3 aromatic rings. The monoisotopic (exact) mass is 453 g/mol. The van der Waals surface area contributed by atoms with Crippen LogP contribution in [-0.2, 0) is 19.6 Å². The fourth-order valence-corrected chi connectivity index (χ4v) is 3.99. The number of ether oxygens (including phenoxy) is 1. The standard InChI is InChI=1S/C23H23N3O5S/c1-16(26-32(29,30)20-14-12-18(13-15-20)24-17(2)27)23(28)25-21-10-6-7-11-22(21)31-19-8-4-3-5-9-19/h3-16,26H,1-2H3,(H,24,27)(H,25,28)/t16-/m0/s1. The van der Waals surface area contributed by atoms with Crippen molar-refractivity contribution < 1.29 is 22.7 Å². The van der Waals surface area contributed by atoms with Gasteiger partial charge in [0.25, 0.3) is 0 Å². The van der Waals surface area contributed by atoms with E-state index in [2.05, 4.69) is 15.4 Å². The summed E-state index contributed by atoms with van der Waals surface area (Å²) in [6, 6.07) is 20.5. The molecule has 3 aromatic carbocycles. The molecule has 0 fully saturated rings. The van der Waals surface area contributed by atoms with Gasteiger partial charge in [0.15, 0.2) is 5.75 Å². The average molecular weight is 454 g/mol. The highest BCUT2D eigenvalue weighted by molar-refractivity contribution is 7.89. The van der Waals surface area contributed by atoms with Crippen molar-refractivity contribution in [3.05, 3.63) is 78.9 Å². The normalized spacial score (nSPS) is 11.9. The summed E-state index contributed by atoms with van der Waals surface area (Å²) in [7, 11) is -3.96. The number of rotatable bonds is 8. The third-order valence-corrected chi connectivity index (χ3v) is 5.88. The van der Waals surface area contributed by atoms with Crippen LogP contribution in [0.15, 0.2) is 83.8 Å². The number of benzene rings is 3. The highest BCUT2D eigenvalue weighted by atomic mass is 32.2. The van der Waals surface area contributed by atoms with Gasteiger partial charge in [-0.2, -0.15) is 4.72 Å². The van der Waals surface area contributed by atoms with E-state index >= 15 is 0 Å². The van der Waals surface area contributed by atoms with Gasteiger partial charge in [-0.25, -0.2) is 8.42 Å². The third-order valence-electron chi connectivity index (χ3n) is 4.33. The van der Waals surface area contributed by atoms with E-state index in [-0.39, 0.29) is 10.8 Å². The van der Waals surface area contributed by atoms with Crippen LogP contribution in [0.25, 0.3) is 0 Å². The van der Waals surface area contributed by atoms with Gasteiger partial charge in [0.05, 0.1) is 16.6 Å². The molecule has 2 amide bonds. The van der Waals surface area contributed by atoms with Gasteiger partial charge < -0.3 is 15.4 Å². The lowest BCUT2D eigenvalue weighted by molar-refractivity contribution is -0.117. The number of carbonyl (C=O) groups is 2. The number of para-hydroxylation sites is 3. The molecule has 1 atom stereocenters. The van der Waals surface area contributed by atoms with E-state index in [0.717, 1.165) is 0 Å². The zero-order valence-corrected chi connectivity index (χ0v) is 18.3. The average Bonchev–Trinajstić information content (AvgIpc) is 2.75. The fourth-order valence-electron chi connectivity index (χ4n) is 2.79. The van der Waals surface area contributed by atoms with Crippen LogP contribution in [0.4, 0.5) is 11.4 Å². The zero-order chi connectivity index (χ0) is 23.1. The summed E-state index contributed by atoms with van der Waals surface area (Å²) in [5.41, 5.74) is 0.879. The second-order valence-corrected chi connectivity index (χ2v) is 8.66. The lowest BCUT2D eigenvalue weighted by atomic mass is 10.2. The maximum Gasteiger partial charge on any atom is 0.242 e. The Labute approximate surface area is 186 Å². The Kier molecular flexibility index (Phi) is 7.24. The second-order valence-electron chi connectivity index (χ2n) is 6.95. The molecular formula is C23H23N3O5S. The van der Waals surface area contributed by atoms with E-state index < -0.39 is 22.0 Å². The highest BCUT2D eigenvalue weighted by Crippen LogP contribution is 2.29. The lowest BCUT2D eigenvalue weighted by Crippen LogP contribution is -2.41. The lowest BCUT2D eigenvalue weighted by Gasteiger charge is -2.16. The summed E-state index contributed by atoms with van der Waals surface area (Å²) >= 11 is 0. The fraction of sp³-hybridized carbons (Fsp3) is 0.130. The van der Waals surface area contributed by atoms with E-state index in [9.17, 15) is 18.0 Å². The first-order valence-corrected chi connectivity index (χ1v) is 11.3. The molecule has 3 rings (SSSR count). The summed E-state index contributed by atoms with van der Waals surface area (Å²) in [5.74, 6) is 0.217. The summed E-state index contributed by atoms with van der Waals surface area (Å²) in [4.78, 5) is 23.7. The molecule has 8 nitrogen and oxygen atoms in total. The maximum absolute atomic E-state index is 12.7. The molecule has 0 unspecified atom stereocenters. The van der Waals surface area contributed by atoms with E-state index in [1.54, 1.807) is 36.4 Å².